The molecule has 0 spiro atoms. The molecule has 1 aromatic heterocycles. The largest absolute Gasteiger partial charge is 0.473 e. The van der Waals surface area contributed by atoms with Gasteiger partial charge in [-0.25, -0.2) is 4.98 Å². The van der Waals surface area contributed by atoms with E-state index in [9.17, 15) is 0 Å². The summed E-state index contributed by atoms with van der Waals surface area (Å²) in [5.74, 6) is 1.39. The third kappa shape index (κ3) is 4.16. The first-order valence-corrected chi connectivity index (χ1v) is 5.58. The van der Waals surface area contributed by atoms with E-state index < -0.39 is 0 Å². The van der Waals surface area contributed by atoms with Gasteiger partial charge in [0.25, 0.3) is 0 Å². The van der Waals surface area contributed by atoms with Gasteiger partial charge in [-0.1, -0.05) is 30.5 Å². The number of thioether (sulfide) groups is 1. The van der Waals surface area contributed by atoms with Crippen molar-refractivity contribution in [1.82, 2.24) is 9.97 Å². The number of hydrogen-bond donors (Lipinski definition) is 0. The number of rotatable bonds is 6. The van der Waals surface area contributed by atoms with Crippen molar-refractivity contribution in [2.45, 2.75) is 12.1 Å². The van der Waals surface area contributed by atoms with Crippen LogP contribution in [0.15, 0.2) is 36.5 Å². The van der Waals surface area contributed by atoms with E-state index >= 15 is 0 Å². The van der Waals surface area contributed by atoms with Gasteiger partial charge in [-0.05, 0) is 6.92 Å². The van der Waals surface area contributed by atoms with Crippen molar-refractivity contribution >= 4 is 11.8 Å². The average molecular weight is 222 g/mol. The Morgan fingerprint density at radius 3 is 2.87 bits per heavy atom. The summed E-state index contributed by atoms with van der Waals surface area (Å²) in [5, 5.41) is 0.717. The van der Waals surface area contributed by atoms with E-state index in [1.165, 1.54) is 11.8 Å². The second-order valence-corrected chi connectivity index (χ2v) is 3.82. The molecule has 0 unspecified atom stereocenters. The first-order chi connectivity index (χ1) is 7.26. The molecule has 1 rings (SSSR count). The molecule has 0 saturated heterocycles. The van der Waals surface area contributed by atoms with Crippen LogP contribution in [0.4, 0.5) is 0 Å². The minimum Gasteiger partial charge on any atom is -0.473 e. The van der Waals surface area contributed by atoms with Gasteiger partial charge in [0.15, 0.2) is 5.16 Å². The topological polar surface area (TPSA) is 35.0 Å². The van der Waals surface area contributed by atoms with Gasteiger partial charge >= 0.3 is 0 Å². The van der Waals surface area contributed by atoms with E-state index in [1.54, 1.807) is 6.08 Å². The normalized spacial score (nSPS) is 9.67. The number of aromatic nitrogens is 2. The van der Waals surface area contributed by atoms with Gasteiger partial charge in [-0.15, -0.1) is 6.58 Å². The lowest BCUT2D eigenvalue weighted by Crippen LogP contribution is -1.99. The Kier molecular flexibility index (Phi) is 4.90. The van der Waals surface area contributed by atoms with E-state index in [0.29, 0.717) is 17.6 Å². The quantitative estimate of drug-likeness (QED) is 0.421. The van der Waals surface area contributed by atoms with Crippen LogP contribution in [0, 0.1) is 6.92 Å². The summed E-state index contributed by atoms with van der Waals surface area (Å²) in [7, 11) is 0. The first-order valence-electron chi connectivity index (χ1n) is 4.59. The van der Waals surface area contributed by atoms with Crippen molar-refractivity contribution in [3.8, 4) is 5.88 Å². The van der Waals surface area contributed by atoms with Gasteiger partial charge < -0.3 is 4.74 Å². The highest BCUT2D eigenvalue weighted by atomic mass is 32.2. The van der Waals surface area contributed by atoms with Gasteiger partial charge in [-0.3, -0.25) is 0 Å². The molecule has 1 aromatic rings. The molecule has 0 aliphatic heterocycles. The molecule has 1 heterocycles. The summed E-state index contributed by atoms with van der Waals surface area (Å²) in [4.78, 5) is 8.52. The van der Waals surface area contributed by atoms with Crippen molar-refractivity contribution in [3.63, 3.8) is 0 Å². The Morgan fingerprint density at radius 2 is 2.20 bits per heavy atom. The SMILES string of the molecule is C=CCOc1cc(C)nc(SCC=C)n1. The maximum atomic E-state index is 5.35. The number of ether oxygens (including phenoxy) is 1. The van der Waals surface area contributed by atoms with Crippen LogP contribution in [0.5, 0.6) is 5.88 Å². The standard InChI is InChI=1S/C11H14N2OS/c1-4-6-14-10-8-9(3)12-11(13-10)15-7-5-2/h4-5,8H,1-2,6-7H2,3H3. The van der Waals surface area contributed by atoms with E-state index in [1.807, 2.05) is 19.1 Å². The predicted molar refractivity (Wildman–Crippen MR) is 63.4 cm³/mol. The van der Waals surface area contributed by atoms with E-state index in [2.05, 4.69) is 23.1 Å². The summed E-state index contributed by atoms with van der Waals surface area (Å²) in [6, 6.07) is 1.81. The van der Waals surface area contributed by atoms with Crippen LogP contribution in [-0.2, 0) is 0 Å². The van der Waals surface area contributed by atoms with Crippen molar-refractivity contribution in [2.24, 2.45) is 0 Å². The predicted octanol–water partition coefficient (Wildman–Crippen LogP) is 2.63. The van der Waals surface area contributed by atoms with Crippen LogP contribution in [0.25, 0.3) is 0 Å². The molecule has 0 aliphatic rings. The lowest BCUT2D eigenvalue weighted by molar-refractivity contribution is 0.344. The minimum atomic E-state index is 0.460. The molecule has 0 radical (unpaired) electrons. The Bertz CT molecular complexity index is 322. The van der Waals surface area contributed by atoms with Crippen molar-refractivity contribution < 1.29 is 4.74 Å². The lowest BCUT2D eigenvalue weighted by Gasteiger charge is -2.05. The van der Waals surface area contributed by atoms with Crippen LogP contribution in [0.3, 0.4) is 0 Å². The highest BCUT2D eigenvalue weighted by Gasteiger charge is 2.02. The Balaban J connectivity index is 2.74. The first kappa shape index (κ1) is 11.8. The molecule has 0 saturated carbocycles. The lowest BCUT2D eigenvalue weighted by atomic mass is 10.4. The van der Waals surface area contributed by atoms with Crippen LogP contribution in [-0.4, -0.2) is 22.3 Å². The van der Waals surface area contributed by atoms with Gasteiger partial charge in [0.2, 0.25) is 5.88 Å². The number of aryl methyl sites for hydroxylation is 1. The number of nitrogens with zero attached hydrogens (tertiary/aromatic N) is 2. The van der Waals surface area contributed by atoms with E-state index in [0.717, 1.165) is 11.4 Å². The van der Waals surface area contributed by atoms with Crippen molar-refractivity contribution in [3.05, 3.63) is 37.1 Å². The molecule has 0 aliphatic carbocycles. The molecular formula is C11H14N2OS. The molecule has 3 nitrogen and oxygen atoms in total. The fourth-order valence-electron chi connectivity index (χ4n) is 0.930. The third-order valence-electron chi connectivity index (χ3n) is 1.49. The molecule has 0 bridgehead atoms. The molecule has 0 fully saturated rings. The minimum absolute atomic E-state index is 0.460. The Labute approximate surface area is 94.3 Å². The van der Waals surface area contributed by atoms with Crippen molar-refractivity contribution in [2.75, 3.05) is 12.4 Å². The van der Waals surface area contributed by atoms with Crippen LogP contribution >= 0.6 is 11.8 Å². The molecule has 15 heavy (non-hydrogen) atoms. The van der Waals surface area contributed by atoms with Crippen LogP contribution in [0.2, 0.25) is 0 Å². The fraction of sp³-hybridized carbons (Fsp3) is 0.273. The molecule has 4 heteroatoms. The second kappa shape index (κ2) is 6.24. The van der Waals surface area contributed by atoms with E-state index in [4.69, 9.17) is 4.74 Å². The highest BCUT2D eigenvalue weighted by Crippen LogP contribution is 2.17. The average Bonchev–Trinajstić information content (AvgIpc) is 2.23. The zero-order valence-corrected chi connectivity index (χ0v) is 9.59. The smallest absolute Gasteiger partial charge is 0.217 e. The van der Waals surface area contributed by atoms with Gasteiger partial charge in [0.05, 0.1) is 0 Å². The Hall–Kier alpha value is -1.29. The van der Waals surface area contributed by atoms with Gasteiger partial charge in [0.1, 0.15) is 6.61 Å². The zero-order chi connectivity index (χ0) is 11.1. The summed E-state index contributed by atoms with van der Waals surface area (Å²) >= 11 is 1.54. The molecule has 0 N–H and O–H groups in total. The molecule has 80 valence electrons. The Morgan fingerprint density at radius 1 is 1.40 bits per heavy atom. The summed E-state index contributed by atoms with van der Waals surface area (Å²) in [6.45, 7) is 9.61. The maximum absolute atomic E-state index is 5.35. The van der Waals surface area contributed by atoms with Crippen LogP contribution < -0.4 is 4.74 Å². The summed E-state index contributed by atoms with van der Waals surface area (Å²) < 4.78 is 5.35. The van der Waals surface area contributed by atoms with Gasteiger partial charge in [0, 0.05) is 17.5 Å². The maximum Gasteiger partial charge on any atom is 0.217 e. The fourth-order valence-corrected chi connectivity index (χ4v) is 1.56. The monoisotopic (exact) mass is 222 g/mol. The molecular weight excluding hydrogens is 208 g/mol. The zero-order valence-electron chi connectivity index (χ0n) is 8.77. The molecule has 0 amide bonds. The van der Waals surface area contributed by atoms with Crippen LogP contribution in [0.1, 0.15) is 5.69 Å². The molecule has 0 aromatic carbocycles. The number of hydrogen-bond acceptors (Lipinski definition) is 4. The second-order valence-electron chi connectivity index (χ2n) is 2.83. The summed E-state index contributed by atoms with van der Waals surface area (Å²) in [6.07, 6.45) is 3.51. The highest BCUT2D eigenvalue weighted by molar-refractivity contribution is 7.99. The van der Waals surface area contributed by atoms with Crippen molar-refractivity contribution in [1.29, 1.82) is 0 Å². The summed E-state index contributed by atoms with van der Waals surface area (Å²) in [5.41, 5.74) is 0.899. The van der Waals surface area contributed by atoms with E-state index in [-0.39, 0.29) is 0 Å². The third-order valence-corrected chi connectivity index (χ3v) is 2.33. The van der Waals surface area contributed by atoms with Gasteiger partial charge in [-0.2, -0.15) is 4.98 Å². The molecule has 0 atom stereocenters.